The van der Waals surface area contributed by atoms with E-state index in [0.29, 0.717) is 16.6 Å². The molecule has 4 rings (SSSR count). The van der Waals surface area contributed by atoms with Crippen molar-refractivity contribution in [3.05, 3.63) is 60.1 Å². The maximum absolute atomic E-state index is 13.6. The standard InChI is InChI=1S/C20H15F2N5OS/c1-11(29-20-26-15-8-4-5-9-16(15)27(20)19(21)22)17(28)12(10-23)18-24-13-6-2-3-7-14(13)25-18/h2-9,11,19,28H,1H3,(H,24,25). The van der Waals surface area contributed by atoms with E-state index in [0.717, 1.165) is 21.8 Å². The molecule has 6 nitrogen and oxygen atoms in total. The predicted octanol–water partition coefficient (Wildman–Crippen LogP) is 5.28. The first-order valence-corrected chi connectivity index (χ1v) is 9.57. The van der Waals surface area contributed by atoms with E-state index in [1.165, 1.54) is 0 Å². The zero-order valence-corrected chi connectivity index (χ0v) is 16.0. The predicted molar refractivity (Wildman–Crippen MR) is 108 cm³/mol. The van der Waals surface area contributed by atoms with E-state index in [1.54, 1.807) is 43.3 Å². The second-order valence-corrected chi connectivity index (χ2v) is 7.57. The molecule has 1 atom stereocenters. The van der Waals surface area contributed by atoms with E-state index in [1.807, 2.05) is 18.2 Å². The van der Waals surface area contributed by atoms with Crippen molar-refractivity contribution >= 4 is 39.4 Å². The Morgan fingerprint density at radius 3 is 2.52 bits per heavy atom. The molecule has 2 aromatic heterocycles. The van der Waals surface area contributed by atoms with Crippen molar-refractivity contribution < 1.29 is 13.9 Å². The lowest BCUT2D eigenvalue weighted by Crippen LogP contribution is -2.08. The molecule has 2 aromatic carbocycles. The highest BCUT2D eigenvalue weighted by molar-refractivity contribution is 8.00. The number of H-pyrrole nitrogens is 1. The number of aromatic amines is 1. The van der Waals surface area contributed by atoms with Gasteiger partial charge in [0.25, 0.3) is 0 Å². The first kappa shape index (κ1) is 19.0. The van der Waals surface area contributed by atoms with Gasteiger partial charge in [-0.25, -0.2) is 9.97 Å². The van der Waals surface area contributed by atoms with Crippen LogP contribution in [0.3, 0.4) is 0 Å². The molecule has 0 saturated carbocycles. The number of aliphatic hydroxyl groups excluding tert-OH is 1. The molecule has 0 aliphatic rings. The van der Waals surface area contributed by atoms with Gasteiger partial charge in [0.2, 0.25) is 0 Å². The number of nitrogens with one attached hydrogen (secondary N) is 1. The summed E-state index contributed by atoms with van der Waals surface area (Å²) < 4.78 is 28.1. The number of aliphatic hydroxyl groups is 1. The Balaban J connectivity index is 1.72. The fourth-order valence-electron chi connectivity index (χ4n) is 3.01. The summed E-state index contributed by atoms with van der Waals surface area (Å²) in [5.41, 5.74) is 2.08. The number of hydrogen-bond acceptors (Lipinski definition) is 5. The molecule has 0 aliphatic heterocycles. The molecule has 0 fully saturated rings. The van der Waals surface area contributed by atoms with Gasteiger partial charge in [0.1, 0.15) is 17.4 Å². The molecule has 0 amide bonds. The van der Waals surface area contributed by atoms with Gasteiger partial charge < -0.3 is 10.1 Å². The van der Waals surface area contributed by atoms with E-state index >= 15 is 0 Å². The summed E-state index contributed by atoms with van der Waals surface area (Å²) in [6.07, 6.45) is 0. The van der Waals surface area contributed by atoms with Gasteiger partial charge in [0.15, 0.2) is 11.0 Å². The summed E-state index contributed by atoms with van der Waals surface area (Å²) in [6.45, 7) is -1.16. The second-order valence-electron chi connectivity index (χ2n) is 6.27. The van der Waals surface area contributed by atoms with Crippen molar-refractivity contribution in [1.29, 1.82) is 5.26 Å². The maximum atomic E-state index is 13.6. The molecule has 4 aromatic rings. The fraction of sp³-hybridized carbons (Fsp3) is 0.150. The van der Waals surface area contributed by atoms with Crippen molar-refractivity contribution in [1.82, 2.24) is 19.5 Å². The Kier molecular flexibility index (Phi) is 4.94. The van der Waals surface area contributed by atoms with Gasteiger partial charge in [-0.05, 0) is 31.2 Å². The summed E-state index contributed by atoms with van der Waals surface area (Å²) >= 11 is 0.949. The van der Waals surface area contributed by atoms with Gasteiger partial charge in [0, 0.05) is 0 Å². The molecule has 146 valence electrons. The van der Waals surface area contributed by atoms with Crippen LogP contribution in [-0.4, -0.2) is 29.9 Å². The van der Waals surface area contributed by atoms with Gasteiger partial charge in [-0.15, -0.1) is 0 Å². The summed E-state index contributed by atoms with van der Waals surface area (Å²) in [4.78, 5) is 11.6. The normalized spacial score (nSPS) is 13.6. The van der Waals surface area contributed by atoms with Crippen molar-refractivity contribution in [2.45, 2.75) is 23.9 Å². The number of alkyl halides is 2. The van der Waals surface area contributed by atoms with Crippen molar-refractivity contribution in [3.63, 3.8) is 0 Å². The Morgan fingerprint density at radius 2 is 1.83 bits per heavy atom. The number of nitrogens with zero attached hydrogens (tertiary/aromatic N) is 4. The minimum Gasteiger partial charge on any atom is -0.510 e. The third-order valence-electron chi connectivity index (χ3n) is 4.42. The third-order valence-corrected chi connectivity index (χ3v) is 5.50. The molecule has 29 heavy (non-hydrogen) atoms. The Morgan fingerprint density at radius 1 is 1.14 bits per heavy atom. The van der Waals surface area contributed by atoms with Crippen LogP contribution >= 0.6 is 11.8 Å². The van der Waals surface area contributed by atoms with E-state index in [-0.39, 0.29) is 22.3 Å². The van der Waals surface area contributed by atoms with Crippen LogP contribution in [0.25, 0.3) is 27.6 Å². The van der Waals surface area contributed by atoms with Gasteiger partial charge in [0.05, 0.1) is 27.3 Å². The number of fused-ring (bicyclic) bond motifs is 2. The van der Waals surface area contributed by atoms with Crippen LogP contribution in [0, 0.1) is 11.3 Å². The highest BCUT2D eigenvalue weighted by atomic mass is 32.2. The van der Waals surface area contributed by atoms with Crippen LogP contribution in [-0.2, 0) is 0 Å². The number of imidazole rings is 2. The third kappa shape index (κ3) is 3.43. The Labute approximate surface area is 168 Å². The van der Waals surface area contributed by atoms with E-state index in [2.05, 4.69) is 15.0 Å². The van der Waals surface area contributed by atoms with Crippen molar-refractivity contribution in [2.75, 3.05) is 0 Å². The van der Waals surface area contributed by atoms with Crippen LogP contribution < -0.4 is 0 Å². The average Bonchev–Trinajstić information content (AvgIpc) is 3.29. The number of rotatable bonds is 5. The number of nitriles is 1. The SMILES string of the molecule is CC(Sc1nc2ccccc2n1C(F)F)C(O)=C(C#N)c1nc2ccccc2[nH]1. The minimum atomic E-state index is -2.78. The van der Waals surface area contributed by atoms with Gasteiger partial charge in [-0.3, -0.25) is 4.57 Å². The summed E-state index contributed by atoms with van der Waals surface area (Å²) in [7, 11) is 0. The molecule has 0 radical (unpaired) electrons. The monoisotopic (exact) mass is 411 g/mol. The van der Waals surface area contributed by atoms with Crippen LogP contribution in [0.5, 0.6) is 0 Å². The highest BCUT2D eigenvalue weighted by Gasteiger charge is 2.24. The highest BCUT2D eigenvalue weighted by Crippen LogP contribution is 2.34. The number of halogens is 2. The number of benzene rings is 2. The van der Waals surface area contributed by atoms with Crippen molar-refractivity contribution in [2.24, 2.45) is 0 Å². The van der Waals surface area contributed by atoms with Gasteiger partial charge in [-0.2, -0.15) is 14.0 Å². The Bertz CT molecular complexity index is 1240. The molecule has 2 N–H and O–H groups in total. The zero-order valence-electron chi connectivity index (χ0n) is 15.2. The number of hydrogen-bond donors (Lipinski definition) is 2. The molecule has 2 heterocycles. The van der Waals surface area contributed by atoms with E-state index in [4.69, 9.17) is 0 Å². The lowest BCUT2D eigenvalue weighted by atomic mass is 10.2. The summed E-state index contributed by atoms with van der Waals surface area (Å²) in [5.74, 6) is -0.0366. The molecule has 9 heteroatoms. The quantitative estimate of drug-likeness (QED) is 0.265. The topological polar surface area (TPSA) is 90.5 Å². The number of thioether (sulfide) groups is 1. The number of para-hydroxylation sites is 4. The zero-order chi connectivity index (χ0) is 20.5. The fourth-order valence-corrected chi connectivity index (χ4v) is 4.00. The molecule has 1 unspecified atom stereocenters. The lowest BCUT2D eigenvalue weighted by molar-refractivity contribution is 0.0656. The molecule has 0 spiro atoms. The number of allylic oxidation sites excluding steroid dienone is 1. The number of aromatic nitrogens is 4. The minimum absolute atomic E-state index is 0.0408. The van der Waals surface area contributed by atoms with Gasteiger partial charge >= 0.3 is 6.55 Å². The first-order valence-electron chi connectivity index (χ1n) is 8.69. The molecular formula is C20H15F2N5OS. The smallest absolute Gasteiger partial charge is 0.321 e. The molecule has 0 saturated heterocycles. The van der Waals surface area contributed by atoms with Crippen molar-refractivity contribution in [3.8, 4) is 6.07 Å². The molecule has 0 bridgehead atoms. The van der Waals surface area contributed by atoms with Crippen LogP contribution in [0.1, 0.15) is 19.3 Å². The molecular weight excluding hydrogens is 396 g/mol. The van der Waals surface area contributed by atoms with E-state index in [9.17, 15) is 19.1 Å². The average molecular weight is 411 g/mol. The van der Waals surface area contributed by atoms with Gasteiger partial charge in [-0.1, -0.05) is 36.0 Å². The van der Waals surface area contributed by atoms with E-state index < -0.39 is 11.8 Å². The van der Waals surface area contributed by atoms with Crippen LogP contribution in [0.15, 0.2) is 59.4 Å². The lowest BCUT2D eigenvalue weighted by Gasteiger charge is -2.13. The molecule has 0 aliphatic carbocycles. The Hall–Kier alpha value is -3.38. The second kappa shape index (κ2) is 7.56. The maximum Gasteiger partial charge on any atom is 0.321 e. The summed E-state index contributed by atoms with van der Waals surface area (Å²) in [6, 6.07) is 15.8. The van der Waals surface area contributed by atoms with Crippen LogP contribution in [0.4, 0.5) is 8.78 Å². The first-order chi connectivity index (χ1) is 14.0. The summed E-state index contributed by atoms with van der Waals surface area (Å²) in [5, 5.41) is 19.6. The van der Waals surface area contributed by atoms with Crippen LogP contribution in [0.2, 0.25) is 0 Å². The largest absolute Gasteiger partial charge is 0.510 e.